The fourth-order valence-corrected chi connectivity index (χ4v) is 3.44. The Balaban J connectivity index is 1.84. The zero-order chi connectivity index (χ0) is 13.7. The third kappa shape index (κ3) is 3.73. The van der Waals surface area contributed by atoms with Gasteiger partial charge in [0, 0.05) is 18.5 Å². The zero-order valence-electron chi connectivity index (χ0n) is 12.0. The standard InChI is InChI=1S/C16H26N2O/c1-3-7-13(4-2)17-16(19)15-11-10-12-8-5-6-9-14(12)18-15/h1,12-15,18H,4-11H2,2H3,(H,17,19). The molecule has 1 saturated heterocycles. The second kappa shape index (κ2) is 6.96. The third-order valence-electron chi connectivity index (χ3n) is 4.67. The van der Waals surface area contributed by atoms with E-state index in [4.69, 9.17) is 6.42 Å². The number of carbonyl (C=O) groups is 1. The van der Waals surface area contributed by atoms with Crippen LogP contribution in [0.4, 0.5) is 0 Å². The van der Waals surface area contributed by atoms with Crippen molar-refractivity contribution in [1.82, 2.24) is 10.6 Å². The van der Waals surface area contributed by atoms with E-state index in [1.807, 2.05) is 0 Å². The van der Waals surface area contributed by atoms with E-state index in [-0.39, 0.29) is 18.0 Å². The molecule has 1 aliphatic carbocycles. The van der Waals surface area contributed by atoms with Gasteiger partial charge in [-0.2, -0.15) is 0 Å². The van der Waals surface area contributed by atoms with E-state index in [1.165, 1.54) is 32.1 Å². The van der Waals surface area contributed by atoms with Crippen LogP contribution in [0.15, 0.2) is 0 Å². The molecule has 0 aromatic rings. The highest BCUT2D eigenvalue weighted by Crippen LogP contribution is 2.32. The van der Waals surface area contributed by atoms with Gasteiger partial charge < -0.3 is 10.6 Å². The van der Waals surface area contributed by atoms with Crippen LogP contribution in [0, 0.1) is 18.3 Å². The van der Waals surface area contributed by atoms with Crippen molar-refractivity contribution in [2.45, 2.75) is 76.4 Å². The number of nitrogens with one attached hydrogen (secondary N) is 2. The van der Waals surface area contributed by atoms with E-state index in [0.29, 0.717) is 12.5 Å². The molecule has 2 N–H and O–H groups in total. The summed E-state index contributed by atoms with van der Waals surface area (Å²) in [6.07, 6.45) is 14.3. The smallest absolute Gasteiger partial charge is 0.237 e. The van der Waals surface area contributed by atoms with Gasteiger partial charge >= 0.3 is 0 Å². The predicted octanol–water partition coefficient (Wildman–Crippen LogP) is 2.22. The molecule has 1 aliphatic heterocycles. The largest absolute Gasteiger partial charge is 0.351 e. The molecule has 0 aromatic carbocycles. The van der Waals surface area contributed by atoms with Crippen LogP contribution in [0.25, 0.3) is 0 Å². The Morgan fingerprint density at radius 2 is 2.16 bits per heavy atom. The minimum Gasteiger partial charge on any atom is -0.351 e. The number of hydrogen-bond donors (Lipinski definition) is 2. The normalized spacial score (nSPS) is 31.9. The monoisotopic (exact) mass is 262 g/mol. The van der Waals surface area contributed by atoms with Crippen molar-refractivity contribution in [2.24, 2.45) is 5.92 Å². The maximum Gasteiger partial charge on any atom is 0.237 e. The summed E-state index contributed by atoms with van der Waals surface area (Å²) in [6.45, 7) is 2.06. The maximum atomic E-state index is 12.3. The van der Waals surface area contributed by atoms with Crippen molar-refractivity contribution >= 4 is 5.91 Å². The number of rotatable bonds is 4. The summed E-state index contributed by atoms with van der Waals surface area (Å²) in [5, 5.41) is 6.65. The summed E-state index contributed by atoms with van der Waals surface area (Å²) < 4.78 is 0. The van der Waals surface area contributed by atoms with E-state index < -0.39 is 0 Å². The van der Waals surface area contributed by atoms with Crippen LogP contribution in [0.2, 0.25) is 0 Å². The zero-order valence-corrected chi connectivity index (χ0v) is 12.0. The minimum absolute atomic E-state index is 0.00817. The molecule has 19 heavy (non-hydrogen) atoms. The average molecular weight is 262 g/mol. The molecule has 1 amide bonds. The summed E-state index contributed by atoms with van der Waals surface area (Å²) in [6, 6.07) is 0.681. The molecule has 0 aromatic heterocycles. The van der Waals surface area contributed by atoms with Crippen LogP contribution in [-0.2, 0) is 4.79 Å². The molecule has 4 atom stereocenters. The first-order valence-electron chi connectivity index (χ1n) is 7.74. The van der Waals surface area contributed by atoms with Gasteiger partial charge in [0.2, 0.25) is 5.91 Å². The Morgan fingerprint density at radius 3 is 2.89 bits per heavy atom. The van der Waals surface area contributed by atoms with Gasteiger partial charge in [-0.3, -0.25) is 4.79 Å². The summed E-state index contributed by atoms with van der Waals surface area (Å²) in [5.41, 5.74) is 0. The molecule has 2 rings (SSSR count). The van der Waals surface area contributed by atoms with Gasteiger partial charge in [0.15, 0.2) is 0 Å². The first kappa shape index (κ1) is 14.4. The fourth-order valence-electron chi connectivity index (χ4n) is 3.44. The Labute approximate surface area is 116 Å². The summed E-state index contributed by atoms with van der Waals surface area (Å²) >= 11 is 0. The van der Waals surface area contributed by atoms with Crippen molar-refractivity contribution in [3.05, 3.63) is 0 Å². The first-order valence-corrected chi connectivity index (χ1v) is 7.74. The summed E-state index contributed by atoms with van der Waals surface area (Å²) in [7, 11) is 0. The highest BCUT2D eigenvalue weighted by Gasteiger charge is 2.34. The van der Waals surface area contributed by atoms with Crippen molar-refractivity contribution in [2.75, 3.05) is 0 Å². The number of amides is 1. The van der Waals surface area contributed by atoms with E-state index >= 15 is 0 Å². The van der Waals surface area contributed by atoms with E-state index in [2.05, 4.69) is 23.5 Å². The van der Waals surface area contributed by atoms with Crippen LogP contribution >= 0.6 is 0 Å². The topological polar surface area (TPSA) is 41.1 Å². The molecule has 0 spiro atoms. The van der Waals surface area contributed by atoms with Crippen molar-refractivity contribution in [1.29, 1.82) is 0 Å². The molecular formula is C16H26N2O. The van der Waals surface area contributed by atoms with Crippen molar-refractivity contribution in [3.8, 4) is 12.3 Å². The van der Waals surface area contributed by atoms with Crippen LogP contribution < -0.4 is 10.6 Å². The summed E-state index contributed by atoms with van der Waals surface area (Å²) in [5.74, 6) is 3.58. The Hall–Kier alpha value is -1.01. The molecule has 1 saturated carbocycles. The summed E-state index contributed by atoms with van der Waals surface area (Å²) in [4.78, 5) is 12.3. The van der Waals surface area contributed by atoms with Crippen molar-refractivity contribution < 1.29 is 4.79 Å². The number of terminal acetylenes is 1. The number of fused-ring (bicyclic) bond motifs is 1. The lowest BCUT2D eigenvalue weighted by Crippen LogP contribution is -2.56. The van der Waals surface area contributed by atoms with E-state index in [1.54, 1.807) is 0 Å². The molecule has 2 aliphatic rings. The molecule has 3 heteroatoms. The molecule has 4 unspecified atom stereocenters. The van der Waals surface area contributed by atoms with Gasteiger partial charge in [0.1, 0.15) is 0 Å². The van der Waals surface area contributed by atoms with E-state index in [9.17, 15) is 4.79 Å². The minimum atomic E-state index is -0.00817. The molecule has 2 fully saturated rings. The molecule has 106 valence electrons. The third-order valence-corrected chi connectivity index (χ3v) is 4.67. The van der Waals surface area contributed by atoms with Crippen LogP contribution in [0.3, 0.4) is 0 Å². The van der Waals surface area contributed by atoms with E-state index in [0.717, 1.165) is 18.8 Å². The maximum absolute atomic E-state index is 12.3. The first-order chi connectivity index (χ1) is 9.24. The molecule has 0 radical (unpaired) electrons. The molecular weight excluding hydrogens is 236 g/mol. The Kier molecular flexibility index (Phi) is 5.27. The molecule has 1 heterocycles. The van der Waals surface area contributed by atoms with Gasteiger partial charge in [-0.1, -0.05) is 19.8 Å². The number of piperidine rings is 1. The predicted molar refractivity (Wildman–Crippen MR) is 77.6 cm³/mol. The van der Waals surface area contributed by atoms with Crippen LogP contribution in [0.5, 0.6) is 0 Å². The van der Waals surface area contributed by atoms with Gasteiger partial charge in [-0.05, 0) is 38.0 Å². The van der Waals surface area contributed by atoms with Gasteiger partial charge in [0.05, 0.1) is 6.04 Å². The Bertz CT molecular complexity index is 347. The second-order valence-electron chi connectivity index (χ2n) is 5.97. The lowest BCUT2D eigenvalue weighted by atomic mass is 9.77. The lowest BCUT2D eigenvalue weighted by Gasteiger charge is -2.40. The number of hydrogen-bond acceptors (Lipinski definition) is 2. The van der Waals surface area contributed by atoms with Crippen molar-refractivity contribution in [3.63, 3.8) is 0 Å². The SMILES string of the molecule is C#CCC(CC)NC(=O)C1CCC2CCCCC2N1. The highest BCUT2D eigenvalue weighted by atomic mass is 16.2. The highest BCUT2D eigenvalue weighted by molar-refractivity contribution is 5.82. The average Bonchev–Trinajstić information content (AvgIpc) is 2.46. The lowest BCUT2D eigenvalue weighted by molar-refractivity contribution is -0.125. The van der Waals surface area contributed by atoms with Crippen LogP contribution in [-0.4, -0.2) is 24.0 Å². The molecule has 0 bridgehead atoms. The Morgan fingerprint density at radius 1 is 1.37 bits per heavy atom. The van der Waals surface area contributed by atoms with Crippen LogP contribution in [0.1, 0.15) is 58.3 Å². The van der Waals surface area contributed by atoms with Gasteiger partial charge in [-0.15, -0.1) is 12.3 Å². The second-order valence-corrected chi connectivity index (χ2v) is 5.97. The van der Waals surface area contributed by atoms with Gasteiger partial charge in [-0.25, -0.2) is 0 Å². The van der Waals surface area contributed by atoms with Gasteiger partial charge in [0.25, 0.3) is 0 Å². The fraction of sp³-hybridized carbons (Fsp3) is 0.812. The quantitative estimate of drug-likeness (QED) is 0.763. The molecule has 3 nitrogen and oxygen atoms in total. The number of carbonyl (C=O) groups excluding carboxylic acids is 1.